The number of pyridine rings is 1. The molecule has 0 aromatic carbocycles. The van der Waals surface area contributed by atoms with Gasteiger partial charge in [-0.2, -0.15) is 9.05 Å². The van der Waals surface area contributed by atoms with Crippen LogP contribution in [0.4, 0.5) is 0 Å². The summed E-state index contributed by atoms with van der Waals surface area (Å²) >= 11 is 4.20. The maximum absolute atomic E-state index is 5.44. The second-order valence-corrected chi connectivity index (χ2v) is 6.21. The van der Waals surface area contributed by atoms with Gasteiger partial charge in [0.1, 0.15) is 18.9 Å². The SMILES string of the molecule is CO[P+]1(S)OCc2cc(C)cnc2O1. The van der Waals surface area contributed by atoms with E-state index >= 15 is 0 Å². The lowest BCUT2D eigenvalue weighted by molar-refractivity contribution is 0.196. The van der Waals surface area contributed by atoms with Gasteiger partial charge in [0.2, 0.25) is 0 Å². The lowest BCUT2D eigenvalue weighted by Crippen LogP contribution is -2.11. The number of rotatable bonds is 1. The van der Waals surface area contributed by atoms with Crippen molar-refractivity contribution in [2.75, 3.05) is 7.11 Å². The lowest BCUT2D eigenvalue weighted by atomic mass is 10.2. The van der Waals surface area contributed by atoms with E-state index in [1.807, 2.05) is 13.0 Å². The largest absolute Gasteiger partial charge is 0.523 e. The van der Waals surface area contributed by atoms with E-state index in [9.17, 15) is 0 Å². The summed E-state index contributed by atoms with van der Waals surface area (Å²) in [6, 6.07) is 1.98. The van der Waals surface area contributed by atoms with Crippen molar-refractivity contribution < 1.29 is 13.6 Å². The quantitative estimate of drug-likeness (QED) is 0.596. The highest BCUT2D eigenvalue weighted by Gasteiger charge is 2.46. The number of thiol groups is 1. The third-order valence-electron chi connectivity index (χ3n) is 1.88. The molecule has 0 spiro atoms. The average Bonchev–Trinajstić information content (AvgIpc) is 2.19. The molecule has 0 saturated carbocycles. The maximum atomic E-state index is 5.44. The van der Waals surface area contributed by atoms with Crippen LogP contribution in [-0.4, -0.2) is 12.1 Å². The van der Waals surface area contributed by atoms with Gasteiger partial charge < -0.3 is 0 Å². The molecule has 6 heteroatoms. The van der Waals surface area contributed by atoms with Crippen LogP contribution in [0.25, 0.3) is 0 Å². The molecular formula is C8H11NO3PS+. The zero-order valence-corrected chi connectivity index (χ0v) is 9.72. The van der Waals surface area contributed by atoms with E-state index in [0.29, 0.717) is 12.5 Å². The van der Waals surface area contributed by atoms with Gasteiger partial charge in [-0.05, 0) is 18.6 Å². The monoisotopic (exact) mass is 232 g/mol. The van der Waals surface area contributed by atoms with Crippen LogP contribution in [0, 0.1) is 6.92 Å². The molecule has 0 amide bonds. The summed E-state index contributed by atoms with van der Waals surface area (Å²) in [5.41, 5.74) is 2.02. The normalized spacial score (nSPS) is 25.4. The molecule has 1 aliphatic rings. The third-order valence-corrected chi connectivity index (χ3v) is 4.28. The maximum Gasteiger partial charge on any atom is 0.523 e. The molecule has 1 aliphatic heterocycles. The Balaban J connectivity index is 2.31. The Kier molecular flexibility index (Phi) is 2.66. The van der Waals surface area contributed by atoms with Gasteiger partial charge >= 0.3 is 7.15 Å². The van der Waals surface area contributed by atoms with Crippen LogP contribution < -0.4 is 4.52 Å². The predicted molar refractivity (Wildman–Crippen MR) is 57.3 cm³/mol. The van der Waals surface area contributed by atoms with Gasteiger partial charge in [-0.1, -0.05) is 0 Å². The fraction of sp³-hybridized carbons (Fsp3) is 0.375. The predicted octanol–water partition coefficient (Wildman–Crippen LogP) is 2.55. The number of aromatic nitrogens is 1. The summed E-state index contributed by atoms with van der Waals surface area (Å²) in [4.78, 5) is 4.16. The molecule has 14 heavy (non-hydrogen) atoms. The molecule has 1 atom stereocenters. The van der Waals surface area contributed by atoms with Crippen molar-refractivity contribution in [1.82, 2.24) is 4.98 Å². The first kappa shape index (κ1) is 10.2. The molecule has 1 aromatic heterocycles. The third kappa shape index (κ3) is 1.86. The number of fused-ring (bicyclic) bond motifs is 1. The molecule has 0 radical (unpaired) electrons. The van der Waals surface area contributed by atoms with Crippen LogP contribution in [0.3, 0.4) is 0 Å². The minimum atomic E-state index is -2.46. The number of aryl methyl sites for hydroxylation is 1. The van der Waals surface area contributed by atoms with Crippen LogP contribution >= 0.6 is 19.4 Å². The van der Waals surface area contributed by atoms with Crippen LogP contribution in [0.1, 0.15) is 11.1 Å². The number of nitrogens with zero attached hydrogens (tertiary/aromatic N) is 1. The second-order valence-electron chi connectivity index (χ2n) is 2.99. The van der Waals surface area contributed by atoms with Gasteiger partial charge in [-0.15, -0.1) is 0 Å². The Labute approximate surface area is 88.3 Å². The first-order valence-electron chi connectivity index (χ1n) is 4.10. The summed E-state index contributed by atoms with van der Waals surface area (Å²) in [7, 11) is -0.946. The van der Waals surface area contributed by atoms with Crippen LogP contribution in [0.5, 0.6) is 5.88 Å². The van der Waals surface area contributed by atoms with Crippen molar-refractivity contribution in [3.05, 3.63) is 23.4 Å². The van der Waals surface area contributed by atoms with Gasteiger partial charge in [-0.25, -0.2) is 4.98 Å². The van der Waals surface area contributed by atoms with Crippen molar-refractivity contribution in [1.29, 1.82) is 0 Å². The highest BCUT2D eigenvalue weighted by Crippen LogP contribution is 2.67. The molecule has 76 valence electrons. The molecule has 0 saturated heterocycles. The smallest absolute Gasteiger partial charge is 0.254 e. The molecule has 0 N–H and O–H groups in total. The molecular weight excluding hydrogens is 221 g/mol. The van der Waals surface area contributed by atoms with Crippen molar-refractivity contribution >= 4 is 19.4 Å². The summed E-state index contributed by atoms with van der Waals surface area (Å²) in [6.45, 7) is 2.41. The summed E-state index contributed by atoms with van der Waals surface area (Å²) in [5, 5.41) is 0. The van der Waals surface area contributed by atoms with E-state index in [1.165, 1.54) is 7.11 Å². The summed E-state index contributed by atoms with van der Waals surface area (Å²) < 4.78 is 15.9. The summed E-state index contributed by atoms with van der Waals surface area (Å²) in [6.07, 6.45) is 1.75. The van der Waals surface area contributed by atoms with Crippen molar-refractivity contribution in [3.8, 4) is 5.88 Å². The number of hydrogen-bond acceptors (Lipinski definition) is 5. The fourth-order valence-electron chi connectivity index (χ4n) is 1.18. The molecule has 4 nitrogen and oxygen atoms in total. The van der Waals surface area contributed by atoms with Crippen molar-refractivity contribution in [3.63, 3.8) is 0 Å². The van der Waals surface area contributed by atoms with E-state index in [0.717, 1.165) is 11.1 Å². The highest BCUT2D eigenvalue weighted by molar-refractivity contribution is 8.47. The van der Waals surface area contributed by atoms with Crippen LogP contribution in [0.2, 0.25) is 0 Å². The molecule has 1 unspecified atom stereocenters. The van der Waals surface area contributed by atoms with Gasteiger partial charge in [0, 0.05) is 6.20 Å². The van der Waals surface area contributed by atoms with Crippen LogP contribution in [-0.2, 0) is 15.7 Å². The minimum Gasteiger partial charge on any atom is -0.254 e. The van der Waals surface area contributed by atoms with Gasteiger partial charge in [-0.3, -0.25) is 4.52 Å². The number of hydrogen-bond donors (Lipinski definition) is 1. The Bertz CT molecular complexity index is 362. The topological polar surface area (TPSA) is 40.6 Å². The first-order chi connectivity index (χ1) is 6.63. The zero-order valence-electron chi connectivity index (χ0n) is 7.93. The Morgan fingerprint density at radius 1 is 1.64 bits per heavy atom. The Morgan fingerprint density at radius 2 is 2.43 bits per heavy atom. The van der Waals surface area contributed by atoms with E-state index in [1.54, 1.807) is 6.20 Å². The molecule has 0 fully saturated rings. The second kappa shape index (κ2) is 3.66. The minimum absolute atomic E-state index is 0.440. The molecule has 2 rings (SSSR count). The highest BCUT2D eigenvalue weighted by atomic mass is 32.7. The van der Waals surface area contributed by atoms with E-state index < -0.39 is 7.15 Å². The van der Waals surface area contributed by atoms with Gasteiger partial charge in [0.05, 0.1) is 12.7 Å². The standard InChI is InChI=1S/C8H11NO3PS/c1-6-3-7-5-11-13(14,10-2)12-8(7)9-4-6/h3-4,14H,5H2,1-2H3/q+1. The molecule has 1 aromatic rings. The van der Waals surface area contributed by atoms with Gasteiger partial charge in [0.15, 0.2) is 0 Å². The Morgan fingerprint density at radius 3 is 3.14 bits per heavy atom. The Hall–Kier alpha value is -0.350. The van der Waals surface area contributed by atoms with Crippen molar-refractivity contribution in [2.24, 2.45) is 0 Å². The first-order valence-corrected chi connectivity index (χ1v) is 6.80. The molecule has 0 bridgehead atoms. The summed E-state index contributed by atoms with van der Waals surface area (Å²) in [5.74, 6) is 0.562. The molecule has 2 heterocycles. The van der Waals surface area contributed by atoms with Gasteiger partial charge in [0.25, 0.3) is 5.88 Å². The fourth-order valence-corrected chi connectivity index (χ4v) is 2.50. The van der Waals surface area contributed by atoms with E-state index in [2.05, 4.69) is 17.2 Å². The lowest BCUT2D eigenvalue weighted by Gasteiger charge is -2.20. The average molecular weight is 232 g/mol. The zero-order chi connectivity index (χ0) is 10.2. The van der Waals surface area contributed by atoms with Crippen LogP contribution in [0.15, 0.2) is 12.3 Å². The molecule has 0 aliphatic carbocycles. The van der Waals surface area contributed by atoms with Crippen molar-refractivity contribution in [2.45, 2.75) is 13.5 Å². The van der Waals surface area contributed by atoms with E-state index in [-0.39, 0.29) is 0 Å². The van der Waals surface area contributed by atoms with E-state index in [4.69, 9.17) is 13.6 Å².